The molecule has 0 spiro atoms. The van der Waals surface area contributed by atoms with Crippen LogP contribution >= 0.6 is 22.9 Å². The summed E-state index contributed by atoms with van der Waals surface area (Å²) < 4.78 is 1.98. The lowest BCUT2D eigenvalue weighted by Crippen LogP contribution is -2.09. The van der Waals surface area contributed by atoms with Gasteiger partial charge in [0.05, 0.1) is 6.04 Å². The SMILES string of the molecule is CCc1nnc(Cl)n1C(C)c1ccsc1. The Kier molecular flexibility index (Phi) is 3.07. The van der Waals surface area contributed by atoms with Crippen LogP contribution in [0.3, 0.4) is 0 Å². The van der Waals surface area contributed by atoms with Crippen molar-refractivity contribution in [2.75, 3.05) is 0 Å². The van der Waals surface area contributed by atoms with Crippen molar-refractivity contribution in [2.24, 2.45) is 0 Å². The maximum Gasteiger partial charge on any atom is 0.225 e. The molecule has 3 nitrogen and oxygen atoms in total. The minimum atomic E-state index is 0.202. The van der Waals surface area contributed by atoms with Crippen LogP contribution in [0.2, 0.25) is 5.28 Å². The van der Waals surface area contributed by atoms with E-state index in [0.717, 1.165) is 12.2 Å². The number of hydrogen-bond acceptors (Lipinski definition) is 3. The molecule has 0 bridgehead atoms. The van der Waals surface area contributed by atoms with E-state index in [9.17, 15) is 0 Å². The second kappa shape index (κ2) is 4.33. The van der Waals surface area contributed by atoms with E-state index in [2.05, 4.69) is 40.9 Å². The predicted octanol–water partition coefficient (Wildman–Crippen LogP) is 3.16. The molecule has 2 heterocycles. The highest BCUT2D eigenvalue weighted by Gasteiger charge is 2.16. The first kappa shape index (κ1) is 10.6. The van der Waals surface area contributed by atoms with Gasteiger partial charge in [-0.25, -0.2) is 0 Å². The monoisotopic (exact) mass is 241 g/mol. The van der Waals surface area contributed by atoms with Gasteiger partial charge >= 0.3 is 0 Å². The third-order valence-electron chi connectivity index (χ3n) is 2.45. The summed E-state index contributed by atoms with van der Waals surface area (Å²) in [5, 5.41) is 12.6. The van der Waals surface area contributed by atoms with Crippen molar-refractivity contribution < 1.29 is 0 Å². The molecule has 0 N–H and O–H groups in total. The minimum Gasteiger partial charge on any atom is -0.294 e. The van der Waals surface area contributed by atoms with Crippen molar-refractivity contribution in [2.45, 2.75) is 26.3 Å². The molecule has 0 amide bonds. The molecule has 15 heavy (non-hydrogen) atoms. The zero-order chi connectivity index (χ0) is 10.8. The summed E-state index contributed by atoms with van der Waals surface area (Å²) in [7, 11) is 0. The molecule has 80 valence electrons. The molecule has 0 fully saturated rings. The summed E-state index contributed by atoms with van der Waals surface area (Å²) in [6.07, 6.45) is 0.841. The number of thiophene rings is 1. The van der Waals surface area contributed by atoms with Crippen molar-refractivity contribution >= 4 is 22.9 Å². The lowest BCUT2D eigenvalue weighted by atomic mass is 10.2. The molecule has 0 radical (unpaired) electrons. The summed E-state index contributed by atoms with van der Waals surface area (Å²) >= 11 is 7.72. The van der Waals surface area contributed by atoms with Crippen molar-refractivity contribution in [1.82, 2.24) is 14.8 Å². The largest absolute Gasteiger partial charge is 0.294 e. The van der Waals surface area contributed by atoms with Crippen LogP contribution in [0.5, 0.6) is 0 Å². The summed E-state index contributed by atoms with van der Waals surface area (Å²) in [4.78, 5) is 0. The first-order valence-corrected chi connectivity index (χ1v) is 6.17. The second-order valence-electron chi connectivity index (χ2n) is 3.34. The van der Waals surface area contributed by atoms with Crippen LogP contribution in [0.4, 0.5) is 0 Å². The van der Waals surface area contributed by atoms with E-state index in [4.69, 9.17) is 11.6 Å². The standard InChI is InChI=1S/C10H12ClN3S/c1-3-9-12-13-10(11)14(9)7(2)8-4-5-15-6-8/h4-7H,3H2,1-2H3. The van der Waals surface area contributed by atoms with E-state index < -0.39 is 0 Å². The first-order chi connectivity index (χ1) is 7.24. The van der Waals surface area contributed by atoms with Crippen LogP contribution < -0.4 is 0 Å². The summed E-state index contributed by atoms with van der Waals surface area (Å²) in [6, 6.07) is 2.30. The number of halogens is 1. The third-order valence-corrected chi connectivity index (χ3v) is 3.41. The van der Waals surface area contributed by atoms with E-state index in [-0.39, 0.29) is 6.04 Å². The number of hydrogen-bond donors (Lipinski definition) is 0. The maximum atomic E-state index is 6.03. The molecule has 1 unspecified atom stereocenters. The van der Waals surface area contributed by atoms with Crippen LogP contribution in [0.1, 0.15) is 31.3 Å². The van der Waals surface area contributed by atoms with Gasteiger partial charge in [-0.15, -0.1) is 10.2 Å². The quantitative estimate of drug-likeness (QED) is 0.827. The molecule has 0 aromatic carbocycles. The van der Waals surface area contributed by atoms with Crippen LogP contribution in [0.15, 0.2) is 16.8 Å². The zero-order valence-electron chi connectivity index (χ0n) is 8.64. The fraction of sp³-hybridized carbons (Fsp3) is 0.400. The normalized spacial score (nSPS) is 13.0. The molecule has 0 aliphatic rings. The molecule has 0 saturated heterocycles. The highest BCUT2D eigenvalue weighted by atomic mass is 35.5. The molecule has 2 rings (SSSR count). The van der Waals surface area contributed by atoms with Gasteiger partial charge in [0.1, 0.15) is 5.82 Å². The molecule has 0 aliphatic carbocycles. The van der Waals surface area contributed by atoms with Crippen molar-refractivity contribution in [3.63, 3.8) is 0 Å². The Balaban J connectivity index is 2.40. The Morgan fingerprint density at radius 1 is 1.53 bits per heavy atom. The van der Waals surface area contributed by atoms with Gasteiger partial charge in [0.25, 0.3) is 0 Å². The Morgan fingerprint density at radius 3 is 2.93 bits per heavy atom. The molecule has 2 aromatic heterocycles. The molecule has 1 atom stereocenters. The molecule has 0 saturated carbocycles. The van der Waals surface area contributed by atoms with Gasteiger partial charge in [-0.3, -0.25) is 4.57 Å². The third kappa shape index (κ3) is 1.92. The molecular weight excluding hydrogens is 230 g/mol. The predicted molar refractivity (Wildman–Crippen MR) is 62.5 cm³/mol. The Hall–Kier alpha value is -0.870. The van der Waals surface area contributed by atoms with Crippen molar-refractivity contribution in [1.29, 1.82) is 0 Å². The topological polar surface area (TPSA) is 30.7 Å². The molecule has 5 heteroatoms. The van der Waals surface area contributed by atoms with E-state index >= 15 is 0 Å². The fourth-order valence-electron chi connectivity index (χ4n) is 1.59. The van der Waals surface area contributed by atoms with Crippen LogP contribution in [-0.2, 0) is 6.42 Å². The van der Waals surface area contributed by atoms with Gasteiger partial charge in [-0.05, 0) is 40.9 Å². The van der Waals surface area contributed by atoms with E-state index in [1.54, 1.807) is 11.3 Å². The number of nitrogens with zero attached hydrogens (tertiary/aromatic N) is 3. The summed E-state index contributed by atoms with van der Waals surface area (Å²) in [6.45, 7) is 4.16. The van der Waals surface area contributed by atoms with E-state index in [1.807, 2.05) is 4.57 Å². The molecule has 2 aromatic rings. The van der Waals surface area contributed by atoms with Crippen LogP contribution in [0, 0.1) is 0 Å². The first-order valence-electron chi connectivity index (χ1n) is 4.85. The van der Waals surface area contributed by atoms with Crippen molar-refractivity contribution in [3.05, 3.63) is 33.5 Å². The summed E-state index contributed by atoms with van der Waals surface area (Å²) in [5.41, 5.74) is 1.25. The molecule has 0 aliphatic heterocycles. The van der Waals surface area contributed by atoms with Gasteiger partial charge in [-0.1, -0.05) is 6.92 Å². The number of aryl methyl sites for hydroxylation is 1. The highest BCUT2D eigenvalue weighted by molar-refractivity contribution is 7.07. The van der Waals surface area contributed by atoms with Gasteiger partial charge in [0, 0.05) is 6.42 Å². The van der Waals surface area contributed by atoms with Crippen molar-refractivity contribution in [3.8, 4) is 0 Å². The van der Waals surface area contributed by atoms with E-state index in [0.29, 0.717) is 5.28 Å². The zero-order valence-corrected chi connectivity index (χ0v) is 10.2. The highest BCUT2D eigenvalue weighted by Crippen LogP contribution is 2.24. The van der Waals surface area contributed by atoms with Crippen LogP contribution in [-0.4, -0.2) is 14.8 Å². The average Bonchev–Trinajstić information content (AvgIpc) is 2.85. The Morgan fingerprint density at radius 2 is 2.33 bits per heavy atom. The van der Waals surface area contributed by atoms with Crippen LogP contribution in [0.25, 0.3) is 0 Å². The number of rotatable bonds is 3. The smallest absolute Gasteiger partial charge is 0.225 e. The number of aromatic nitrogens is 3. The van der Waals surface area contributed by atoms with Gasteiger partial charge in [0.2, 0.25) is 5.28 Å². The average molecular weight is 242 g/mol. The lowest BCUT2D eigenvalue weighted by molar-refractivity contribution is 0.607. The Bertz CT molecular complexity index is 435. The minimum absolute atomic E-state index is 0.202. The van der Waals surface area contributed by atoms with Gasteiger partial charge in [-0.2, -0.15) is 11.3 Å². The summed E-state index contributed by atoms with van der Waals surface area (Å²) in [5.74, 6) is 0.929. The Labute approximate surface area is 97.7 Å². The van der Waals surface area contributed by atoms with Gasteiger partial charge in [0.15, 0.2) is 0 Å². The fourth-order valence-corrected chi connectivity index (χ4v) is 2.62. The van der Waals surface area contributed by atoms with Gasteiger partial charge < -0.3 is 0 Å². The second-order valence-corrected chi connectivity index (χ2v) is 4.46. The lowest BCUT2D eigenvalue weighted by Gasteiger charge is -2.14. The van der Waals surface area contributed by atoms with E-state index in [1.165, 1.54) is 5.56 Å². The molecular formula is C10H12ClN3S. The maximum absolute atomic E-state index is 6.03.